The molecule has 0 bridgehead atoms. The van der Waals surface area contributed by atoms with Crippen LogP contribution in [0, 0.1) is 5.82 Å². The van der Waals surface area contributed by atoms with Crippen molar-refractivity contribution >= 4 is 21.8 Å². The van der Waals surface area contributed by atoms with E-state index in [4.69, 9.17) is 14.2 Å². The number of halogens is 2. The Morgan fingerprint density at radius 2 is 1.90 bits per heavy atom. The van der Waals surface area contributed by atoms with E-state index in [1.807, 2.05) is 18.2 Å². The normalized spacial score (nSPS) is 15.6. The molecule has 0 spiro atoms. The van der Waals surface area contributed by atoms with Gasteiger partial charge in [0, 0.05) is 24.1 Å². The van der Waals surface area contributed by atoms with Crippen LogP contribution < -0.4 is 14.8 Å². The zero-order chi connectivity index (χ0) is 20.8. The Balaban J connectivity index is 1.82. The summed E-state index contributed by atoms with van der Waals surface area (Å²) in [5, 5.41) is 2.94. The molecule has 0 aromatic heterocycles. The van der Waals surface area contributed by atoms with Crippen LogP contribution >= 0.6 is 15.9 Å². The van der Waals surface area contributed by atoms with Crippen LogP contribution in [-0.2, 0) is 4.74 Å². The van der Waals surface area contributed by atoms with Crippen molar-refractivity contribution in [1.29, 1.82) is 0 Å². The van der Waals surface area contributed by atoms with Crippen LogP contribution in [0.2, 0.25) is 0 Å². The summed E-state index contributed by atoms with van der Waals surface area (Å²) in [6, 6.07) is 9.70. The van der Waals surface area contributed by atoms with E-state index in [2.05, 4.69) is 26.1 Å². The molecule has 0 saturated carbocycles. The summed E-state index contributed by atoms with van der Waals surface area (Å²) in [5.41, 5.74) is 1.25. The van der Waals surface area contributed by atoms with E-state index in [1.165, 1.54) is 18.2 Å². The summed E-state index contributed by atoms with van der Waals surface area (Å²) in [5.74, 6) is 0.477. The van der Waals surface area contributed by atoms with Crippen molar-refractivity contribution in [2.24, 2.45) is 0 Å². The Labute approximate surface area is 178 Å². The number of carbonyl (C=O) groups excluding carboxylic acids is 1. The van der Waals surface area contributed by atoms with Gasteiger partial charge >= 0.3 is 0 Å². The average molecular weight is 467 g/mol. The molecule has 0 aliphatic carbocycles. The molecule has 1 heterocycles. The Bertz CT molecular complexity index is 859. The van der Waals surface area contributed by atoms with Crippen molar-refractivity contribution < 1.29 is 23.4 Å². The predicted octanol–water partition coefficient (Wildman–Crippen LogP) is 3.41. The van der Waals surface area contributed by atoms with Crippen molar-refractivity contribution in [2.45, 2.75) is 6.04 Å². The second-order valence-electron chi connectivity index (χ2n) is 6.61. The summed E-state index contributed by atoms with van der Waals surface area (Å²) < 4.78 is 30.3. The van der Waals surface area contributed by atoms with Crippen LogP contribution in [0.25, 0.3) is 0 Å². The maximum atomic E-state index is 13.6. The first-order chi connectivity index (χ1) is 14.0. The molecule has 2 aromatic rings. The second kappa shape index (κ2) is 10.0. The molecule has 3 rings (SSSR count). The van der Waals surface area contributed by atoms with Crippen LogP contribution in [0.3, 0.4) is 0 Å². The van der Waals surface area contributed by atoms with Crippen molar-refractivity contribution in [1.82, 2.24) is 10.2 Å². The summed E-state index contributed by atoms with van der Waals surface area (Å²) >= 11 is 3.31. The van der Waals surface area contributed by atoms with E-state index in [-0.39, 0.29) is 17.5 Å². The first-order valence-corrected chi connectivity index (χ1v) is 10.1. The maximum absolute atomic E-state index is 13.6. The molecular formula is C21H24BrFN2O4. The van der Waals surface area contributed by atoms with Gasteiger partial charge in [0.05, 0.1) is 39.0 Å². The van der Waals surface area contributed by atoms with Crippen LogP contribution in [-0.4, -0.2) is 57.9 Å². The highest BCUT2D eigenvalue weighted by Crippen LogP contribution is 2.32. The van der Waals surface area contributed by atoms with Gasteiger partial charge in [0.15, 0.2) is 11.5 Å². The topological polar surface area (TPSA) is 60.0 Å². The zero-order valence-electron chi connectivity index (χ0n) is 16.4. The van der Waals surface area contributed by atoms with Crippen molar-refractivity contribution in [3.63, 3.8) is 0 Å². The molecule has 1 N–H and O–H groups in total. The SMILES string of the molecule is COc1ccc(C(CNC(=O)c2cc(F)ccc2Br)N2CCOCC2)cc1OC. The second-order valence-corrected chi connectivity index (χ2v) is 7.47. The van der Waals surface area contributed by atoms with Gasteiger partial charge in [0.1, 0.15) is 5.82 Å². The third kappa shape index (κ3) is 5.26. The molecule has 156 valence electrons. The van der Waals surface area contributed by atoms with Crippen molar-refractivity contribution in [2.75, 3.05) is 47.1 Å². The number of ether oxygens (including phenoxy) is 3. The van der Waals surface area contributed by atoms with Crippen LogP contribution in [0.5, 0.6) is 11.5 Å². The predicted molar refractivity (Wildman–Crippen MR) is 111 cm³/mol. The van der Waals surface area contributed by atoms with Gasteiger partial charge in [0.2, 0.25) is 0 Å². The zero-order valence-corrected chi connectivity index (χ0v) is 18.0. The largest absolute Gasteiger partial charge is 0.493 e. The fourth-order valence-corrected chi connectivity index (χ4v) is 3.79. The lowest BCUT2D eigenvalue weighted by molar-refractivity contribution is 0.0162. The summed E-state index contributed by atoms with van der Waals surface area (Å²) in [6.07, 6.45) is 0. The highest BCUT2D eigenvalue weighted by molar-refractivity contribution is 9.10. The number of nitrogens with zero attached hydrogens (tertiary/aromatic N) is 1. The standard InChI is InChI=1S/C21H24BrFN2O4/c1-27-19-6-3-14(11-20(19)28-2)18(25-7-9-29-10-8-25)13-24-21(26)16-12-15(23)4-5-17(16)22/h3-6,11-12,18H,7-10,13H2,1-2H3,(H,24,26). The van der Waals surface area contributed by atoms with E-state index >= 15 is 0 Å². The quantitative estimate of drug-likeness (QED) is 0.677. The third-order valence-electron chi connectivity index (χ3n) is 4.91. The van der Waals surface area contributed by atoms with Gasteiger partial charge in [-0.2, -0.15) is 0 Å². The van der Waals surface area contributed by atoms with Gasteiger partial charge in [-0.25, -0.2) is 4.39 Å². The Morgan fingerprint density at radius 1 is 1.17 bits per heavy atom. The van der Waals surface area contributed by atoms with Crippen molar-refractivity contribution in [3.8, 4) is 11.5 Å². The minimum Gasteiger partial charge on any atom is -0.493 e. The number of carbonyl (C=O) groups is 1. The molecule has 29 heavy (non-hydrogen) atoms. The number of amides is 1. The fraction of sp³-hybridized carbons (Fsp3) is 0.381. The monoisotopic (exact) mass is 466 g/mol. The van der Waals surface area contributed by atoms with Crippen LogP contribution in [0.4, 0.5) is 4.39 Å². The Morgan fingerprint density at radius 3 is 2.59 bits per heavy atom. The van der Waals surface area contributed by atoms with Gasteiger partial charge in [-0.1, -0.05) is 6.07 Å². The lowest BCUT2D eigenvalue weighted by atomic mass is 10.0. The minimum absolute atomic E-state index is 0.0880. The van der Waals surface area contributed by atoms with Gasteiger partial charge in [-0.05, 0) is 51.8 Å². The number of benzene rings is 2. The highest BCUT2D eigenvalue weighted by Gasteiger charge is 2.25. The molecule has 2 aromatic carbocycles. The molecule has 1 fully saturated rings. The number of nitrogens with one attached hydrogen (secondary N) is 1. The maximum Gasteiger partial charge on any atom is 0.252 e. The Kier molecular flexibility index (Phi) is 7.46. The smallest absolute Gasteiger partial charge is 0.252 e. The van der Waals surface area contributed by atoms with Gasteiger partial charge in [-0.3, -0.25) is 9.69 Å². The van der Waals surface area contributed by atoms with E-state index < -0.39 is 5.82 Å². The fourth-order valence-electron chi connectivity index (χ4n) is 3.36. The molecule has 1 saturated heterocycles. The summed E-state index contributed by atoms with van der Waals surface area (Å²) in [6.45, 7) is 3.12. The molecule has 1 atom stereocenters. The lowest BCUT2D eigenvalue weighted by Crippen LogP contribution is -2.43. The minimum atomic E-state index is -0.456. The van der Waals surface area contributed by atoms with Gasteiger partial charge < -0.3 is 19.5 Å². The van der Waals surface area contributed by atoms with Gasteiger partial charge in [0.25, 0.3) is 5.91 Å². The average Bonchev–Trinajstić information content (AvgIpc) is 2.76. The van der Waals surface area contributed by atoms with E-state index in [1.54, 1.807) is 14.2 Å². The first-order valence-electron chi connectivity index (χ1n) is 9.30. The summed E-state index contributed by atoms with van der Waals surface area (Å²) in [4.78, 5) is 14.9. The third-order valence-corrected chi connectivity index (χ3v) is 5.60. The molecule has 6 nitrogen and oxygen atoms in total. The van der Waals surface area contributed by atoms with E-state index in [0.717, 1.165) is 18.7 Å². The molecule has 1 amide bonds. The summed E-state index contributed by atoms with van der Waals surface area (Å²) in [7, 11) is 3.18. The first kappa shape index (κ1) is 21.5. The molecule has 1 aliphatic rings. The van der Waals surface area contributed by atoms with Gasteiger partial charge in [-0.15, -0.1) is 0 Å². The molecule has 1 unspecified atom stereocenters. The van der Waals surface area contributed by atoms with E-state index in [0.29, 0.717) is 35.7 Å². The number of hydrogen-bond acceptors (Lipinski definition) is 5. The number of morpholine rings is 1. The lowest BCUT2D eigenvalue weighted by Gasteiger charge is -2.35. The number of rotatable bonds is 7. The molecular weight excluding hydrogens is 443 g/mol. The molecule has 1 aliphatic heterocycles. The Hall–Kier alpha value is -2.16. The van der Waals surface area contributed by atoms with Crippen LogP contribution in [0.1, 0.15) is 22.0 Å². The van der Waals surface area contributed by atoms with Crippen LogP contribution in [0.15, 0.2) is 40.9 Å². The molecule has 0 radical (unpaired) electrons. The van der Waals surface area contributed by atoms with E-state index in [9.17, 15) is 9.18 Å². The number of hydrogen-bond donors (Lipinski definition) is 1. The number of methoxy groups -OCH3 is 2. The highest BCUT2D eigenvalue weighted by atomic mass is 79.9. The van der Waals surface area contributed by atoms with Crippen molar-refractivity contribution in [3.05, 3.63) is 57.8 Å². The molecule has 8 heteroatoms.